The van der Waals surface area contributed by atoms with E-state index in [0.29, 0.717) is 50.3 Å². The van der Waals surface area contributed by atoms with E-state index in [0.717, 1.165) is 48.2 Å². The lowest BCUT2D eigenvalue weighted by molar-refractivity contribution is -0.146. The number of hydrogen-bond donors (Lipinski definition) is 2. The van der Waals surface area contributed by atoms with Crippen molar-refractivity contribution in [3.63, 3.8) is 0 Å². The molecule has 0 saturated carbocycles. The van der Waals surface area contributed by atoms with Crippen LogP contribution in [0, 0.1) is 5.92 Å². The Labute approximate surface area is 277 Å². The molecule has 252 valence electrons. The lowest BCUT2D eigenvalue weighted by Gasteiger charge is -2.32. The summed E-state index contributed by atoms with van der Waals surface area (Å²) >= 11 is 0. The second-order valence-corrected chi connectivity index (χ2v) is 17.7. The van der Waals surface area contributed by atoms with Crippen LogP contribution in [-0.2, 0) is 39.4 Å². The minimum Gasteiger partial charge on any atom is -0.497 e. The number of aliphatic hydroxyl groups excluding tert-OH is 1. The number of aryl methyl sites for hydroxylation is 1. The fourth-order valence-corrected chi connectivity index (χ4v) is 10.6. The summed E-state index contributed by atoms with van der Waals surface area (Å²) in [6, 6.07) is 13.6. The summed E-state index contributed by atoms with van der Waals surface area (Å²) in [6.07, 6.45) is 7.03. The van der Waals surface area contributed by atoms with Crippen LogP contribution in [0.4, 0.5) is 11.4 Å². The Bertz CT molecular complexity index is 1610. The first-order valence-electron chi connectivity index (χ1n) is 16.9. The molecule has 1 spiro atoms. The van der Waals surface area contributed by atoms with Crippen LogP contribution in [0.3, 0.4) is 0 Å². The van der Waals surface area contributed by atoms with Gasteiger partial charge in [0.15, 0.2) is 13.9 Å². The van der Waals surface area contributed by atoms with E-state index in [1.807, 2.05) is 73.6 Å². The Balaban J connectivity index is 1.33. The number of amides is 2. The highest BCUT2D eigenvalue weighted by Gasteiger charge is 2.66. The highest BCUT2D eigenvalue weighted by atomic mass is 28.4. The van der Waals surface area contributed by atoms with E-state index >= 15 is 0 Å². The zero-order chi connectivity index (χ0) is 33.3. The third-order valence-corrected chi connectivity index (χ3v) is 12.7. The lowest BCUT2D eigenvalue weighted by atomic mass is 9.82. The number of anilines is 2. The maximum absolute atomic E-state index is 14.9. The van der Waals surface area contributed by atoms with Crippen molar-refractivity contribution in [3.05, 3.63) is 65.5 Å². The van der Waals surface area contributed by atoms with Crippen LogP contribution >= 0.6 is 0 Å². The van der Waals surface area contributed by atoms with E-state index in [2.05, 4.69) is 10.3 Å². The summed E-state index contributed by atoms with van der Waals surface area (Å²) in [5, 5.41) is 17.6. The third kappa shape index (κ3) is 6.36. The molecule has 0 radical (unpaired) electrons. The molecular weight excluding hydrogens is 615 g/mol. The minimum absolute atomic E-state index is 0.000995. The van der Waals surface area contributed by atoms with Crippen LogP contribution in [0.1, 0.15) is 62.3 Å². The van der Waals surface area contributed by atoms with E-state index in [4.69, 9.17) is 9.47 Å². The van der Waals surface area contributed by atoms with Gasteiger partial charge in [0.1, 0.15) is 5.75 Å². The lowest BCUT2D eigenvalue weighted by Crippen LogP contribution is -2.46. The average Bonchev–Trinajstić information content (AvgIpc) is 3.68. The summed E-state index contributed by atoms with van der Waals surface area (Å²) in [6.45, 7) is 7.37. The summed E-state index contributed by atoms with van der Waals surface area (Å²) in [5.41, 5.74) is 2.48. The van der Waals surface area contributed by atoms with Gasteiger partial charge in [0.05, 0.1) is 31.1 Å². The molecule has 0 unspecified atom stereocenters. The Hall–Kier alpha value is -3.58. The molecule has 2 aromatic carbocycles. The highest BCUT2D eigenvalue weighted by molar-refractivity contribution is 6.71. The zero-order valence-electron chi connectivity index (χ0n) is 27.9. The van der Waals surface area contributed by atoms with Crippen LogP contribution < -0.4 is 14.5 Å². The van der Waals surface area contributed by atoms with Gasteiger partial charge in [-0.25, -0.2) is 0 Å². The van der Waals surface area contributed by atoms with Crippen molar-refractivity contribution in [2.45, 2.75) is 95.3 Å². The monoisotopic (exact) mass is 661 g/mol. The van der Waals surface area contributed by atoms with Crippen molar-refractivity contribution in [3.8, 4) is 5.75 Å². The van der Waals surface area contributed by atoms with Crippen LogP contribution in [0.25, 0.3) is 0 Å². The fourth-order valence-electron chi connectivity index (χ4n) is 7.98. The molecule has 0 bridgehead atoms. The van der Waals surface area contributed by atoms with Crippen molar-refractivity contribution in [1.82, 2.24) is 15.0 Å². The molecular formula is C35H47N5O6Si. The number of methoxy groups -OCH3 is 1. The molecule has 1 aromatic heterocycles. The van der Waals surface area contributed by atoms with Crippen molar-refractivity contribution in [2.24, 2.45) is 5.92 Å². The first-order valence-corrected chi connectivity index (χ1v) is 19.9. The van der Waals surface area contributed by atoms with Crippen molar-refractivity contribution >= 4 is 31.5 Å². The molecule has 3 aromatic rings. The first kappa shape index (κ1) is 33.3. The number of hydrogen-bond acceptors (Lipinski definition) is 8. The number of carbonyl (C=O) groups is 2. The van der Waals surface area contributed by atoms with E-state index in [9.17, 15) is 19.5 Å². The predicted octanol–water partition coefficient (Wildman–Crippen LogP) is 4.55. The molecule has 2 fully saturated rings. The number of aliphatic hydroxyl groups is 1. The van der Waals surface area contributed by atoms with Gasteiger partial charge in [-0.05, 0) is 68.3 Å². The summed E-state index contributed by atoms with van der Waals surface area (Å²) in [4.78, 5) is 43.2. The maximum Gasteiger partial charge on any atom is 0.264 e. The fraction of sp³-hybridized carbons (Fsp3) is 0.543. The Morgan fingerprint density at radius 1 is 1.11 bits per heavy atom. The number of rotatable bonds is 10. The van der Waals surface area contributed by atoms with Gasteiger partial charge < -0.3 is 29.2 Å². The van der Waals surface area contributed by atoms with Crippen LogP contribution in [-0.4, -0.2) is 71.4 Å². The number of carbonyl (C=O) groups excluding carboxylic acids is 2. The van der Waals surface area contributed by atoms with E-state index in [1.54, 1.807) is 16.7 Å². The molecule has 3 aliphatic heterocycles. The second kappa shape index (κ2) is 13.5. The highest BCUT2D eigenvalue weighted by Crippen LogP contribution is 2.60. The topological polar surface area (TPSA) is 130 Å². The molecule has 47 heavy (non-hydrogen) atoms. The SMILES string of the molecule is COc1ccc2c(c1)[C@]1(O[C@@H](CCn3cc(CCO)nn3)[C@H]([Si](C)(C)O)[C@H]1C)C(=O)N2Cc1cccc(N2CCCCCCC2=O)c1. The van der Waals surface area contributed by atoms with Crippen LogP contribution in [0.5, 0.6) is 5.75 Å². The number of benzene rings is 2. The first-order chi connectivity index (χ1) is 22.6. The number of ether oxygens (including phenoxy) is 2. The minimum atomic E-state index is -2.84. The van der Waals surface area contributed by atoms with Crippen LogP contribution in [0.2, 0.25) is 18.6 Å². The number of aromatic nitrogens is 3. The van der Waals surface area contributed by atoms with E-state index in [-0.39, 0.29) is 29.9 Å². The molecule has 6 rings (SSSR count). The van der Waals surface area contributed by atoms with E-state index in [1.165, 1.54) is 0 Å². The van der Waals surface area contributed by atoms with Crippen molar-refractivity contribution in [1.29, 1.82) is 0 Å². The third-order valence-electron chi connectivity index (χ3n) is 10.2. The molecule has 2 saturated heterocycles. The normalized spacial score (nSPS) is 24.9. The molecule has 4 heterocycles. The number of fused-ring (bicyclic) bond motifs is 2. The standard InChI is InChI=1S/C35H47N5O6Si/c1-24-33(47(3,4)44)31(15-18-38-23-26(16-19-41)36-37-38)46-35(24)29-21-28(45-2)13-14-30(29)40(34(35)43)22-25-10-9-11-27(20-25)39-17-8-6-5-7-12-32(39)42/h9-11,13-14,20-21,23-24,31,33,41,44H,5-8,12,15-19,22H2,1-4H3/t24-,31+,33-,35+/m1/s1. The predicted molar refractivity (Wildman–Crippen MR) is 181 cm³/mol. The molecule has 11 nitrogen and oxygen atoms in total. The van der Waals surface area contributed by atoms with Gasteiger partial charge >= 0.3 is 0 Å². The molecule has 4 atom stereocenters. The Morgan fingerprint density at radius 3 is 2.68 bits per heavy atom. The van der Waals surface area contributed by atoms with Crippen molar-refractivity contribution < 1.29 is 29.0 Å². The Morgan fingerprint density at radius 2 is 1.91 bits per heavy atom. The zero-order valence-corrected chi connectivity index (χ0v) is 28.9. The molecule has 0 aliphatic carbocycles. The van der Waals surface area contributed by atoms with Gasteiger partial charge in [0, 0.05) is 61.4 Å². The average molecular weight is 662 g/mol. The van der Waals surface area contributed by atoms with Gasteiger partial charge in [0.25, 0.3) is 5.91 Å². The van der Waals surface area contributed by atoms with Crippen molar-refractivity contribution in [2.75, 3.05) is 30.1 Å². The molecule has 12 heteroatoms. The van der Waals surface area contributed by atoms with Gasteiger partial charge in [-0.1, -0.05) is 37.1 Å². The second-order valence-electron chi connectivity index (χ2n) is 13.7. The summed E-state index contributed by atoms with van der Waals surface area (Å²) < 4.78 is 14.3. The summed E-state index contributed by atoms with van der Waals surface area (Å²) in [7, 11) is -1.23. The molecule has 3 aliphatic rings. The molecule has 2 N–H and O–H groups in total. The van der Waals surface area contributed by atoms with E-state index < -0.39 is 20.0 Å². The van der Waals surface area contributed by atoms with Gasteiger partial charge in [-0.3, -0.25) is 14.3 Å². The van der Waals surface area contributed by atoms with Crippen LogP contribution in [0.15, 0.2) is 48.7 Å². The Kier molecular flexibility index (Phi) is 9.57. The largest absolute Gasteiger partial charge is 0.497 e. The summed E-state index contributed by atoms with van der Waals surface area (Å²) in [5.74, 6) is 0.309. The number of nitrogens with zero attached hydrogens (tertiary/aromatic N) is 5. The maximum atomic E-state index is 14.9. The quantitative estimate of drug-likeness (QED) is 0.303. The van der Waals surface area contributed by atoms with Gasteiger partial charge in [-0.15, -0.1) is 5.10 Å². The van der Waals surface area contributed by atoms with Gasteiger partial charge in [-0.2, -0.15) is 0 Å². The molecule has 2 amide bonds. The van der Waals surface area contributed by atoms with Gasteiger partial charge in [0.2, 0.25) is 5.91 Å². The smallest absolute Gasteiger partial charge is 0.264 e.